The summed E-state index contributed by atoms with van der Waals surface area (Å²) < 4.78 is 30.4. The molecule has 9 nitrogen and oxygen atoms in total. The number of nitrogens with zero attached hydrogens (tertiary/aromatic N) is 5. The molecule has 0 aromatic carbocycles. The monoisotopic (exact) mass is 274 g/mol. The molecule has 0 saturated heterocycles. The average molecular weight is 274 g/mol. The second kappa shape index (κ2) is 4.51. The van der Waals surface area contributed by atoms with Crippen LogP contribution in [0, 0.1) is 10.1 Å². The molecule has 0 amide bonds. The van der Waals surface area contributed by atoms with Gasteiger partial charge in [0.15, 0.2) is 5.82 Å². The predicted molar refractivity (Wildman–Crippen MR) is 58.0 cm³/mol. The van der Waals surface area contributed by atoms with Crippen molar-refractivity contribution in [3.05, 3.63) is 22.4 Å². The highest BCUT2D eigenvalue weighted by Gasteiger charge is 2.21. The van der Waals surface area contributed by atoms with Crippen LogP contribution >= 0.6 is 0 Å². The van der Waals surface area contributed by atoms with Crippen LogP contribution in [0.3, 0.4) is 0 Å². The summed E-state index contributed by atoms with van der Waals surface area (Å²) in [5, 5.41) is 18.1. The van der Waals surface area contributed by atoms with Crippen LogP contribution in [0.15, 0.2) is 12.3 Å². The van der Waals surface area contributed by atoms with Crippen molar-refractivity contribution in [1.29, 1.82) is 0 Å². The van der Waals surface area contributed by atoms with Crippen molar-refractivity contribution in [3.8, 4) is 11.7 Å². The maximum absolute atomic E-state index is 12.1. The van der Waals surface area contributed by atoms with Crippen LogP contribution in [0.5, 0.6) is 5.88 Å². The van der Waals surface area contributed by atoms with Crippen LogP contribution in [-0.2, 0) is 7.05 Å². The van der Waals surface area contributed by atoms with Gasteiger partial charge in [0.25, 0.3) is 0 Å². The number of rotatable bonds is 4. The Morgan fingerprint density at radius 1 is 1.58 bits per heavy atom. The van der Waals surface area contributed by atoms with Gasteiger partial charge in [-0.1, -0.05) is 0 Å². The SMILES string of the molecule is Cn1nc(-n2ncc([N+](=O)[O-])c2N)cc1OC(F)F. The first-order chi connectivity index (χ1) is 8.90. The molecule has 2 aromatic rings. The van der Waals surface area contributed by atoms with Crippen molar-refractivity contribution in [3.63, 3.8) is 0 Å². The lowest BCUT2D eigenvalue weighted by atomic mass is 10.5. The van der Waals surface area contributed by atoms with E-state index in [1.54, 1.807) is 0 Å². The summed E-state index contributed by atoms with van der Waals surface area (Å²) >= 11 is 0. The molecular formula is C8H8F2N6O3. The lowest BCUT2D eigenvalue weighted by Crippen LogP contribution is -2.06. The third-order valence-corrected chi connectivity index (χ3v) is 2.23. The molecule has 0 unspecified atom stereocenters. The number of alkyl halides is 2. The molecule has 0 bridgehead atoms. The molecule has 2 aromatic heterocycles. The highest BCUT2D eigenvalue weighted by molar-refractivity contribution is 5.55. The zero-order chi connectivity index (χ0) is 14.2. The van der Waals surface area contributed by atoms with E-state index in [1.807, 2.05) is 0 Å². The highest BCUT2D eigenvalue weighted by atomic mass is 19.3. The molecule has 0 radical (unpaired) electrons. The van der Waals surface area contributed by atoms with Gasteiger partial charge in [-0.3, -0.25) is 10.1 Å². The standard InChI is InChI=1S/C8H8F2N6O3/c1-14-6(19-8(9)10)2-5(13-14)15-7(11)4(3-12-15)16(17)18/h2-3,8H,11H2,1H3. The molecule has 2 N–H and O–H groups in total. The molecule has 2 rings (SSSR count). The van der Waals surface area contributed by atoms with Gasteiger partial charge in [-0.2, -0.15) is 18.6 Å². The number of hydrogen-bond donors (Lipinski definition) is 1. The molecule has 0 aliphatic carbocycles. The molecule has 0 spiro atoms. The second-order valence-corrected chi connectivity index (χ2v) is 3.43. The van der Waals surface area contributed by atoms with E-state index < -0.39 is 17.2 Å². The van der Waals surface area contributed by atoms with E-state index in [0.29, 0.717) is 0 Å². The van der Waals surface area contributed by atoms with E-state index in [4.69, 9.17) is 5.73 Å². The zero-order valence-corrected chi connectivity index (χ0v) is 9.53. The van der Waals surface area contributed by atoms with E-state index in [0.717, 1.165) is 21.6 Å². The lowest BCUT2D eigenvalue weighted by molar-refractivity contribution is -0.383. The molecule has 19 heavy (non-hydrogen) atoms. The second-order valence-electron chi connectivity index (χ2n) is 3.43. The first-order valence-corrected chi connectivity index (χ1v) is 4.87. The van der Waals surface area contributed by atoms with Crippen LogP contribution in [0.1, 0.15) is 0 Å². The van der Waals surface area contributed by atoms with Crippen LogP contribution in [0.25, 0.3) is 5.82 Å². The van der Waals surface area contributed by atoms with Crippen LogP contribution in [0.4, 0.5) is 20.3 Å². The molecule has 102 valence electrons. The van der Waals surface area contributed by atoms with E-state index in [1.165, 1.54) is 7.05 Å². The van der Waals surface area contributed by atoms with Crippen LogP contribution < -0.4 is 10.5 Å². The van der Waals surface area contributed by atoms with Crippen molar-refractivity contribution < 1.29 is 18.4 Å². The number of aromatic nitrogens is 4. The Morgan fingerprint density at radius 2 is 2.26 bits per heavy atom. The highest BCUT2D eigenvalue weighted by Crippen LogP contribution is 2.25. The number of halogens is 2. The Balaban J connectivity index is 2.40. The zero-order valence-electron chi connectivity index (χ0n) is 9.53. The fourth-order valence-corrected chi connectivity index (χ4v) is 1.41. The summed E-state index contributed by atoms with van der Waals surface area (Å²) in [6.45, 7) is -3.01. The molecule has 0 aliphatic rings. The fraction of sp³-hybridized carbons (Fsp3) is 0.250. The summed E-state index contributed by atoms with van der Waals surface area (Å²) in [5.41, 5.74) is 5.12. The van der Waals surface area contributed by atoms with Crippen molar-refractivity contribution in [2.24, 2.45) is 7.05 Å². The fourth-order valence-electron chi connectivity index (χ4n) is 1.41. The van der Waals surface area contributed by atoms with Gasteiger partial charge in [0.05, 0.1) is 4.92 Å². The maximum atomic E-state index is 12.1. The molecule has 0 atom stereocenters. The largest absolute Gasteiger partial charge is 0.417 e. The Kier molecular flexibility index (Phi) is 3.02. The summed E-state index contributed by atoms with van der Waals surface area (Å²) in [7, 11) is 1.37. The minimum atomic E-state index is -3.01. The maximum Gasteiger partial charge on any atom is 0.388 e. The number of anilines is 1. The van der Waals surface area contributed by atoms with E-state index in [-0.39, 0.29) is 17.5 Å². The molecular weight excluding hydrogens is 266 g/mol. The Labute approximate surface area is 104 Å². The van der Waals surface area contributed by atoms with Gasteiger partial charge in [0.2, 0.25) is 11.7 Å². The smallest absolute Gasteiger partial charge is 0.388 e. The van der Waals surface area contributed by atoms with Crippen LogP contribution in [-0.4, -0.2) is 31.1 Å². The topological polar surface area (TPSA) is 114 Å². The van der Waals surface area contributed by atoms with Gasteiger partial charge >= 0.3 is 12.3 Å². The van der Waals surface area contributed by atoms with Crippen molar-refractivity contribution in [2.45, 2.75) is 6.61 Å². The summed E-state index contributed by atoms with van der Waals surface area (Å²) in [6, 6.07) is 1.14. The van der Waals surface area contributed by atoms with Gasteiger partial charge in [-0.25, -0.2) is 4.68 Å². The van der Waals surface area contributed by atoms with Crippen molar-refractivity contribution in [2.75, 3.05) is 5.73 Å². The lowest BCUT2D eigenvalue weighted by Gasteiger charge is -2.01. The van der Waals surface area contributed by atoms with Gasteiger partial charge < -0.3 is 10.5 Å². The third-order valence-electron chi connectivity index (χ3n) is 2.23. The third kappa shape index (κ3) is 2.29. The average Bonchev–Trinajstić information content (AvgIpc) is 2.82. The van der Waals surface area contributed by atoms with Crippen molar-refractivity contribution >= 4 is 11.5 Å². The molecule has 11 heteroatoms. The van der Waals surface area contributed by atoms with Gasteiger partial charge in [0.1, 0.15) is 6.20 Å². The normalized spacial score (nSPS) is 10.9. The van der Waals surface area contributed by atoms with Crippen molar-refractivity contribution in [1.82, 2.24) is 19.6 Å². The number of nitrogens with two attached hydrogens (primary N) is 1. The quantitative estimate of drug-likeness (QED) is 0.648. The molecule has 0 fully saturated rings. The summed E-state index contributed by atoms with van der Waals surface area (Å²) in [6.07, 6.45) is 0.942. The van der Waals surface area contributed by atoms with Gasteiger partial charge in [-0.15, -0.1) is 5.10 Å². The summed E-state index contributed by atoms with van der Waals surface area (Å²) in [4.78, 5) is 9.90. The molecule has 2 heterocycles. The van der Waals surface area contributed by atoms with Crippen LogP contribution in [0.2, 0.25) is 0 Å². The Bertz CT molecular complexity index is 622. The molecule has 0 saturated carbocycles. The van der Waals surface area contributed by atoms with Gasteiger partial charge in [-0.05, 0) is 0 Å². The Hall–Kier alpha value is -2.72. The molecule has 0 aliphatic heterocycles. The predicted octanol–water partition coefficient (Wildman–Crippen LogP) is 0.698. The first-order valence-electron chi connectivity index (χ1n) is 4.87. The number of nitro groups is 1. The minimum absolute atomic E-state index is 0.0313. The number of hydrogen-bond acceptors (Lipinski definition) is 6. The Morgan fingerprint density at radius 3 is 2.79 bits per heavy atom. The number of aryl methyl sites for hydroxylation is 1. The number of nitrogen functional groups attached to an aromatic ring is 1. The van der Waals surface area contributed by atoms with Gasteiger partial charge in [0, 0.05) is 13.1 Å². The van der Waals surface area contributed by atoms with E-state index in [9.17, 15) is 18.9 Å². The minimum Gasteiger partial charge on any atom is -0.417 e. The van der Waals surface area contributed by atoms with E-state index >= 15 is 0 Å². The summed E-state index contributed by atoms with van der Waals surface area (Å²) in [5.74, 6) is -0.446. The number of ether oxygens (including phenoxy) is 1. The first kappa shape index (κ1) is 12.7. The van der Waals surface area contributed by atoms with E-state index in [2.05, 4.69) is 14.9 Å².